The molecule has 1 aromatic carbocycles. The van der Waals surface area contributed by atoms with Crippen LogP contribution < -0.4 is 4.90 Å². The first kappa shape index (κ1) is 20.4. The lowest BCUT2D eigenvalue weighted by atomic mass is 10.0. The lowest BCUT2D eigenvalue weighted by molar-refractivity contribution is -0.135. The third-order valence-corrected chi connectivity index (χ3v) is 5.18. The molecular formula is C22H31N3O3. The number of anilines is 1. The van der Waals surface area contributed by atoms with E-state index in [2.05, 4.69) is 10.1 Å². The minimum atomic E-state index is -0.0738. The number of amides is 1. The summed E-state index contributed by atoms with van der Waals surface area (Å²) in [6.45, 7) is 7.31. The molecule has 1 aliphatic rings. The van der Waals surface area contributed by atoms with Gasteiger partial charge in [-0.2, -0.15) is 0 Å². The third-order valence-electron chi connectivity index (χ3n) is 5.18. The smallest absolute Gasteiger partial charge is 0.232 e. The highest BCUT2D eigenvalue weighted by Gasteiger charge is 2.27. The predicted octanol–water partition coefficient (Wildman–Crippen LogP) is 3.96. The number of hydrogen-bond donors (Lipinski definition) is 0. The summed E-state index contributed by atoms with van der Waals surface area (Å²) in [5.41, 5.74) is 2.81. The number of aromatic nitrogens is 1. The van der Waals surface area contributed by atoms with Crippen molar-refractivity contribution in [1.29, 1.82) is 0 Å². The van der Waals surface area contributed by atoms with Crippen molar-refractivity contribution in [2.45, 2.75) is 39.7 Å². The van der Waals surface area contributed by atoms with Gasteiger partial charge in [0.25, 0.3) is 0 Å². The summed E-state index contributed by atoms with van der Waals surface area (Å²) in [4.78, 5) is 16.9. The third kappa shape index (κ3) is 4.73. The molecule has 152 valence electrons. The van der Waals surface area contributed by atoms with E-state index in [0.29, 0.717) is 19.7 Å². The molecule has 0 radical (unpaired) electrons. The van der Waals surface area contributed by atoms with Crippen molar-refractivity contribution >= 4 is 11.8 Å². The fraction of sp³-hybridized carbons (Fsp3) is 0.545. The molecule has 0 bridgehead atoms. The first-order chi connectivity index (χ1) is 13.6. The van der Waals surface area contributed by atoms with E-state index >= 15 is 0 Å². The van der Waals surface area contributed by atoms with E-state index < -0.39 is 0 Å². The van der Waals surface area contributed by atoms with Gasteiger partial charge in [0.15, 0.2) is 0 Å². The van der Waals surface area contributed by atoms with Crippen LogP contribution in [0.4, 0.5) is 5.88 Å². The molecule has 0 saturated carbocycles. The molecule has 0 unspecified atom stereocenters. The molecule has 1 aromatic heterocycles. The molecule has 28 heavy (non-hydrogen) atoms. The lowest BCUT2D eigenvalue weighted by Crippen LogP contribution is -2.37. The van der Waals surface area contributed by atoms with E-state index in [1.807, 2.05) is 49.1 Å². The molecule has 2 heterocycles. The molecule has 2 aromatic rings. The van der Waals surface area contributed by atoms with Crippen LogP contribution in [0.1, 0.15) is 38.7 Å². The van der Waals surface area contributed by atoms with Crippen LogP contribution in [-0.4, -0.2) is 49.3 Å². The van der Waals surface area contributed by atoms with Gasteiger partial charge in [0.05, 0.1) is 18.7 Å². The Kier molecular flexibility index (Phi) is 7.09. The fourth-order valence-electron chi connectivity index (χ4n) is 3.64. The second-order valence-electron chi connectivity index (χ2n) is 7.64. The average Bonchev–Trinajstić information content (AvgIpc) is 3.15. The Balaban J connectivity index is 1.97. The number of ether oxygens (including phenoxy) is 1. The highest BCUT2D eigenvalue weighted by Crippen LogP contribution is 2.34. The molecule has 1 aliphatic heterocycles. The Morgan fingerprint density at radius 1 is 1.21 bits per heavy atom. The van der Waals surface area contributed by atoms with Crippen LogP contribution in [0, 0.1) is 5.92 Å². The molecule has 0 atom stereocenters. The summed E-state index contributed by atoms with van der Waals surface area (Å²) in [6.07, 6.45) is 3.55. The fourth-order valence-corrected chi connectivity index (χ4v) is 3.64. The number of benzene rings is 1. The number of rotatable bonds is 8. The van der Waals surface area contributed by atoms with Gasteiger partial charge < -0.3 is 19.1 Å². The maximum atomic E-state index is 12.8. The second kappa shape index (κ2) is 9.73. The first-order valence-electron chi connectivity index (χ1n) is 10.2. The van der Waals surface area contributed by atoms with Gasteiger partial charge in [-0.05, 0) is 19.3 Å². The first-order valence-corrected chi connectivity index (χ1v) is 10.2. The Labute approximate surface area is 167 Å². The molecule has 0 aliphatic carbocycles. The Hall–Kier alpha value is -2.34. The van der Waals surface area contributed by atoms with Crippen LogP contribution in [0.15, 0.2) is 34.9 Å². The summed E-state index contributed by atoms with van der Waals surface area (Å²) in [5, 5.41) is 4.41. The van der Waals surface area contributed by atoms with Gasteiger partial charge in [0.1, 0.15) is 5.69 Å². The van der Waals surface area contributed by atoms with Crippen LogP contribution in [0.3, 0.4) is 0 Å². The normalized spacial score (nSPS) is 14.5. The number of nitrogens with zero attached hydrogens (tertiary/aromatic N) is 3. The van der Waals surface area contributed by atoms with E-state index in [9.17, 15) is 4.79 Å². The second-order valence-corrected chi connectivity index (χ2v) is 7.64. The topological polar surface area (TPSA) is 58.8 Å². The SMILES string of the molecule is COCCN(Cc1c(-c2ccccc2)noc1N1CCCCC1)C(=O)C(C)C. The van der Waals surface area contributed by atoms with Gasteiger partial charge in [0.2, 0.25) is 11.8 Å². The minimum Gasteiger partial charge on any atom is -0.383 e. The molecule has 1 fully saturated rings. The van der Waals surface area contributed by atoms with Crippen LogP contribution in [0.25, 0.3) is 11.3 Å². The van der Waals surface area contributed by atoms with Crippen molar-refractivity contribution in [3.63, 3.8) is 0 Å². The minimum absolute atomic E-state index is 0.0738. The van der Waals surface area contributed by atoms with E-state index in [1.165, 1.54) is 6.42 Å². The van der Waals surface area contributed by atoms with Crippen molar-refractivity contribution in [2.24, 2.45) is 5.92 Å². The van der Waals surface area contributed by atoms with E-state index in [1.54, 1.807) is 7.11 Å². The predicted molar refractivity (Wildman–Crippen MR) is 110 cm³/mol. The number of piperidine rings is 1. The van der Waals surface area contributed by atoms with Crippen LogP contribution >= 0.6 is 0 Å². The zero-order valence-electron chi connectivity index (χ0n) is 17.2. The summed E-state index contributed by atoms with van der Waals surface area (Å²) >= 11 is 0. The zero-order chi connectivity index (χ0) is 19.9. The Bertz CT molecular complexity index is 752. The van der Waals surface area contributed by atoms with E-state index in [0.717, 1.165) is 48.6 Å². The Morgan fingerprint density at radius 2 is 1.93 bits per heavy atom. The van der Waals surface area contributed by atoms with Crippen molar-refractivity contribution < 1.29 is 14.1 Å². The zero-order valence-corrected chi connectivity index (χ0v) is 17.2. The molecule has 0 N–H and O–H groups in total. The molecule has 3 rings (SSSR count). The number of carbonyl (C=O) groups is 1. The molecule has 1 amide bonds. The maximum Gasteiger partial charge on any atom is 0.232 e. The van der Waals surface area contributed by atoms with Crippen LogP contribution in [0.5, 0.6) is 0 Å². The van der Waals surface area contributed by atoms with Gasteiger partial charge in [0, 0.05) is 38.2 Å². The van der Waals surface area contributed by atoms with E-state index in [4.69, 9.17) is 9.26 Å². The van der Waals surface area contributed by atoms with Crippen molar-refractivity contribution in [3.8, 4) is 11.3 Å². The average molecular weight is 386 g/mol. The maximum absolute atomic E-state index is 12.8. The van der Waals surface area contributed by atoms with Crippen molar-refractivity contribution in [2.75, 3.05) is 38.3 Å². The quantitative estimate of drug-likeness (QED) is 0.688. The van der Waals surface area contributed by atoms with Gasteiger partial charge in [-0.3, -0.25) is 4.79 Å². The van der Waals surface area contributed by atoms with Gasteiger partial charge in [-0.15, -0.1) is 0 Å². The summed E-state index contributed by atoms with van der Waals surface area (Å²) in [6, 6.07) is 10.0. The molecule has 1 saturated heterocycles. The van der Waals surface area contributed by atoms with Gasteiger partial charge in [-0.1, -0.05) is 49.3 Å². The Morgan fingerprint density at radius 3 is 2.57 bits per heavy atom. The van der Waals surface area contributed by atoms with E-state index in [-0.39, 0.29) is 11.8 Å². The lowest BCUT2D eigenvalue weighted by Gasteiger charge is -2.29. The molecule has 6 heteroatoms. The van der Waals surface area contributed by atoms with Crippen LogP contribution in [-0.2, 0) is 16.1 Å². The molecule has 6 nitrogen and oxygen atoms in total. The van der Waals surface area contributed by atoms with Crippen LogP contribution in [0.2, 0.25) is 0 Å². The largest absolute Gasteiger partial charge is 0.383 e. The van der Waals surface area contributed by atoms with Crippen molar-refractivity contribution in [3.05, 3.63) is 35.9 Å². The van der Waals surface area contributed by atoms with Gasteiger partial charge in [-0.25, -0.2) is 0 Å². The number of carbonyl (C=O) groups excluding carboxylic acids is 1. The van der Waals surface area contributed by atoms with Crippen molar-refractivity contribution in [1.82, 2.24) is 10.1 Å². The molecule has 0 spiro atoms. The highest BCUT2D eigenvalue weighted by atomic mass is 16.5. The summed E-state index contributed by atoms with van der Waals surface area (Å²) in [7, 11) is 1.66. The molecular weight excluding hydrogens is 354 g/mol. The number of methoxy groups -OCH3 is 1. The summed E-state index contributed by atoms with van der Waals surface area (Å²) < 4.78 is 11.1. The van der Waals surface area contributed by atoms with Gasteiger partial charge >= 0.3 is 0 Å². The highest BCUT2D eigenvalue weighted by molar-refractivity contribution is 5.79. The monoisotopic (exact) mass is 385 g/mol. The standard InChI is InChI=1S/C22H31N3O3/c1-17(2)21(26)25(14-15-27-3)16-19-20(18-10-6-4-7-11-18)23-28-22(19)24-12-8-5-9-13-24/h4,6-7,10-11,17H,5,8-9,12-16H2,1-3H3. The number of hydrogen-bond acceptors (Lipinski definition) is 5. The summed E-state index contributed by atoms with van der Waals surface area (Å²) in [5.74, 6) is 0.842.